The molecule has 6 heteroatoms. The highest BCUT2D eigenvalue weighted by molar-refractivity contribution is 6.33. The molecule has 1 fully saturated rings. The lowest BCUT2D eigenvalue weighted by atomic mass is 10.1. The van der Waals surface area contributed by atoms with E-state index in [1.54, 1.807) is 6.20 Å². The summed E-state index contributed by atoms with van der Waals surface area (Å²) >= 11 is 6.44. The van der Waals surface area contributed by atoms with Crippen LogP contribution < -0.4 is 10.6 Å². The lowest BCUT2D eigenvalue weighted by Gasteiger charge is -2.15. The standard InChI is InChI=1S/C23H29ClN5/c1-2-3-4-7-12-25-16-10-11-17(13-16)28-23-27-15-20(24)22(29-23)19-14-26-21-9-6-5-8-18(19)21/h5-6,8-9,14-17,25-26H,1-4,7,10-13H2,(H,27,28,29)/t16-,17+/m0/s1. The van der Waals surface area contributed by atoms with Crippen molar-refractivity contribution in [1.29, 1.82) is 0 Å². The Labute approximate surface area is 177 Å². The van der Waals surface area contributed by atoms with Crippen molar-refractivity contribution in [3.05, 3.63) is 48.6 Å². The van der Waals surface area contributed by atoms with E-state index in [0.717, 1.165) is 48.0 Å². The fraction of sp³-hybridized carbons (Fsp3) is 0.435. The fourth-order valence-corrected chi connectivity index (χ4v) is 4.35. The van der Waals surface area contributed by atoms with E-state index in [2.05, 4.69) is 39.7 Å². The molecule has 3 aromatic rings. The van der Waals surface area contributed by atoms with E-state index in [-0.39, 0.29) is 0 Å². The van der Waals surface area contributed by atoms with Crippen molar-refractivity contribution >= 4 is 28.5 Å². The van der Waals surface area contributed by atoms with E-state index >= 15 is 0 Å². The molecule has 1 aromatic carbocycles. The number of hydrogen-bond donors (Lipinski definition) is 3. The topological polar surface area (TPSA) is 65.6 Å². The van der Waals surface area contributed by atoms with E-state index in [4.69, 9.17) is 16.6 Å². The van der Waals surface area contributed by atoms with Crippen LogP contribution in [0.2, 0.25) is 5.02 Å². The summed E-state index contributed by atoms with van der Waals surface area (Å²) in [6.45, 7) is 5.00. The van der Waals surface area contributed by atoms with Gasteiger partial charge in [0.1, 0.15) is 0 Å². The summed E-state index contributed by atoms with van der Waals surface area (Å²) in [4.78, 5) is 12.5. The normalized spacial score (nSPS) is 19.1. The number of nitrogens with one attached hydrogen (secondary N) is 3. The van der Waals surface area contributed by atoms with Crippen LogP contribution in [0.3, 0.4) is 0 Å². The van der Waals surface area contributed by atoms with Gasteiger partial charge in [-0.25, -0.2) is 9.97 Å². The van der Waals surface area contributed by atoms with Gasteiger partial charge in [-0.15, -0.1) is 0 Å². The van der Waals surface area contributed by atoms with Gasteiger partial charge in [-0.3, -0.25) is 0 Å². The predicted molar refractivity (Wildman–Crippen MR) is 121 cm³/mol. The molecule has 1 aliphatic carbocycles. The van der Waals surface area contributed by atoms with Crippen LogP contribution in [-0.4, -0.2) is 33.6 Å². The summed E-state index contributed by atoms with van der Waals surface area (Å²) in [7, 11) is 0. The van der Waals surface area contributed by atoms with Crippen molar-refractivity contribution in [2.24, 2.45) is 0 Å². The molecule has 4 rings (SSSR count). The molecule has 2 atom stereocenters. The van der Waals surface area contributed by atoms with Crippen molar-refractivity contribution in [1.82, 2.24) is 20.3 Å². The Morgan fingerprint density at radius 1 is 1.14 bits per heavy atom. The Balaban J connectivity index is 1.39. The quantitative estimate of drug-likeness (QED) is 0.402. The van der Waals surface area contributed by atoms with Crippen LogP contribution in [-0.2, 0) is 0 Å². The van der Waals surface area contributed by atoms with Gasteiger partial charge in [0.05, 0.1) is 16.9 Å². The molecular weight excluding hydrogens is 382 g/mol. The van der Waals surface area contributed by atoms with Crippen molar-refractivity contribution in [3.63, 3.8) is 0 Å². The van der Waals surface area contributed by atoms with Crippen molar-refractivity contribution in [2.45, 2.75) is 57.0 Å². The number of nitrogens with zero attached hydrogens (tertiary/aromatic N) is 2. The average molecular weight is 411 g/mol. The molecule has 3 N–H and O–H groups in total. The molecule has 1 saturated carbocycles. The highest BCUT2D eigenvalue weighted by atomic mass is 35.5. The highest BCUT2D eigenvalue weighted by Crippen LogP contribution is 2.32. The lowest BCUT2D eigenvalue weighted by Crippen LogP contribution is -2.29. The highest BCUT2D eigenvalue weighted by Gasteiger charge is 2.25. The first-order valence-corrected chi connectivity index (χ1v) is 11.0. The van der Waals surface area contributed by atoms with Crippen LogP contribution in [0.5, 0.6) is 0 Å². The summed E-state index contributed by atoms with van der Waals surface area (Å²) in [5.41, 5.74) is 2.84. The Hall–Kier alpha value is -2.11. The molecule has 29 heavy (non-hydrogen) atoms. The van der Waals surface area contributed by atoms with Gasteiger partial charge in [0.25, 0.3) is 0 Å². The van der Waals surface area contributed by atoms with E-state index in [9.17, 15) is 0 Å². The van der Waals surface area contributed by atoms with Gasteiger partial charge in [-0.2, -0.15) is 0 Å². The van der Waals surface area contributed by atoms with Crippen molar-refractivity contribution in [3.8, 4) is 11.3 Å². The van der Waals surface area contributed by atoms with Crippen LogP contribution >= 0.6 is 11.6 Å². The molecule has 2 aromatic heterocycles. The van der Waals surface area contributed by atoms with Gasteiger partial charge in [-0.05, 0) is 38.3 Å². The Bertz CT molecular complexity index is 938. The first-order valence-electron chi connectivity index (χ1n) is 10.6. The number of aromatic amines is 1. The summed E-state index contributed by atoms with van der Waals surface area (Å²) in [5.74, 6) is 0.649. The molecular formula is C23H29ClN5. The molecule has 153 valence electrons. The fourth-order valence-electron chi connectivity index (χ4n) is 4.16. The molecule has 1 radical (unpaired) electrons. The third kappa shape index (κ3) is 4.90. The minimum Gasteiger partial charge on any atom is -0.360 e. The predicted octanol–water partition coefficient (Wildman–Crippen LogP) is 5.60. The summed E-state index contributed by atoms with van der Waals surface area (Å²) < 4.78 is 0. The van der Waals surface area contributed by atoms with Gasteiger partial charge >= 0.3 is 0 Å². The Morgan fingerprint density at radius 3 is 2.90 bits per heavy atom. The van der Waals surface area contributed by atoms with Crippen LogP contribution in [0.25, 0.3) is 22.2 Å². The number of para-hydroxylation sites is 1. The van der Waals surface area contributed by atoms with Gasteiger partial charge in [0.2, 0.25) is 5.95 Å². The van der Waals surface area contributed by atoms with E-state index < -0.39 is 0 Å². The van der Waals surface area contributed by atoms with Gasteiger partial charge in [-0.1, -0.05) is 56.0 Å². The number of H-pyrrole nitrogens is 1. The average Bonchev–Trinajstić information content (AvgIpc) is 3.36. The van der Waals surface area contributed by atoms with Crippen LogP contribution in [0.4, 0.5) is 5.95 Å². The van der Waals surface area contributed by atoms with Crippen molar-refractivity contribution in [2.75, 3.05) is 11.9 Å². The summed E-state index contributed by atoms with van der Waals surface area (Å²) in [6.07, 6.45) is 11.8. The largest absolute Gasteiger partial charge is 0.360 e. The third-order valence-electron chi connectivity index (χ3n) is 5.71. The number of fused-ring (bicyclic) bond motifs is 1. The maximum Gasteiger partial charge on any atom is 0.223 e. The smallest absolute Gasteiger partial charge is 0.223 e. The van der Waals surface area contributed by atoms with Crippen LogP contribution in [0.1, 0.15) is 44.9 Å². The maximum absolute atomic E-state index is 6.44. The molecule has 1 aliphatic rings. The molecule has 0 bridgehead atoms. The minimum absolute atomic E-state index is 0.393. The zero-order valence-corrected chi connectivity index (χ0v) is 17.5. The number of aromatic nitrogens is 3. The zero-order chi connectivity index (χ0) is 20.1. The second-order valence-electron chi connectivity index (χ2n) is 7.86. The molecule has 0 unspecified atom stereocenters. The number of anilines is 1. The van der Waals surface area contributed by atoms with Gasteiger partial charge in [0, 0.05) is 34.7 Å². The van der Waals surface area contributed by atoms with E-state index in [1.807, 2.05) is 18.3 Å². The number of benzene rings is 1. The summed E-state index contributed by atoms with van der Waals surface area (Å²) in [5, 5.41) is 8.89. The van der Waals surface area contributed by atoms with Crippen LogP contribution in [0, 0.1) is 6.92 Å². The third-order valence-corrected chi connectivity index (χ3v) is 5.99. The zero-order valence-electron chi connectivity index (χ0n) is 16.8. The number of hydrogen-bond acceptors (Lipinski definition) is 4. The van der Waals surface area contributed by atoms with E-state index in [0.29, 0.717) is 23.1 Å². The minimum atomic E-state index is 0.393. The SMILES string of the molecule is [CH2]CCCCCN[C@H]1CC[C@@H](Nc2ncc(Cl)c(-c3c[nH]c4ccccc34)n2)C1. The van der Waals surface area contributed by atoms with Gasteiger partial charge < -0.3 is 15.6 Å². The number of unbranched alkanes of at least 4 members (excludes halogenated alkanes) is 3. The monoisotopic (exact) mass is 410 g/mol. The molecule has 0 amide bonds. The second kappa shape index (κ2) is 9.59. The first kappa shape index (κ1) is 20.2. The Morgan fingerprint density at radius 2 is 2.00 bits per heavy atom. The number of halogens is 1. The van der Waals surface area contributed by atoms with Crippen LogP contribution in [0.15, 0.2) is 36.7 Å². The lowest BCUT2D eigenvalue weighted by molar-refractivity contribution is 0.500. The number of rotatable bonds is 9. The maximum atomic E-state index is 6.44. The molecule has 2 heterocycles. The molecule has 0 spiro atoms. The first-order chi connectivity index (χ1) is 14.2. The molecule has 5 nitrogen and oxygen atoms in total. The van der Waals surface area contributed by atoms with Gasteiger partial charge in [0.15, 0.2) is 0 Å². The Kier molecular flexibility index (Phi) is 6.67. The summed E-state index contributed by atoms with van der Waals surface area (Å²) in [6, 6.07) is 9.15. The van der Waals surface area contributed by atoms with Crippen molar-refractivity contribution < 1.29 is 0 Å². The molecule has 0 saturated heterocycles. The van der Waals surface area contributed by atoms with E-state index in [1.165, 1.54) is 25.7 Å². The second-order valence-corrected chi connectivity index (χ2v) is 8.26. The molecule has 0 aliphatic heterocycles.